The van der Waals surface area contributed by atoms with Crippen molar-refractivity contribution < 1.29 is 4.42 Å². The summed E-state index contributed by atoms with van der Waals surface area (Å²) >= 11 is 6.08. The van der Waals surface area contributed by atoms with Gasteiger partial charge in [0.25, 0.3) is 0 Å². The van der Waals surface area contributed by atoms with E-state index in [-0.39, 0.29) is 0 Å². The lowest BCUT2D eigenvalue weighted by atomic mass is 10.0. The van der Waals surface area contributed by atoms with E-state index in [2.05, 4.69) is 71.3 Å². The molecule has 0 aliphatic heterocycles. The Balaban J connectivity index is 1.74. The van der Waals surface area contributed by atoms with Gasteiger partial charge in [0.05, 0.1) is 10.9 Å². The van der Waals surface area contributed by atoms with Crippen LogP contribution in [-0.4, -0.2) is 4.57 Å². The number of furan rings is 1. The molecule has 29 heavy (non-hydrogen) atoms. The molecule has 0 spiro atoms. The van der Waals surface area contributed by atoms with Gasteiger partial charge in [-0.05, 0) is 53.6 Å². The number of nitrogens with zero attached hydrogens (tertiary/aromatic N) is 1. The van der Waals surface area contributed by atoms with Crippen LogP contribution < -0.4 is 0 Å². The first-order valence-corrected chi connectivity index (χ1v) is 9.94. The maximum Gasteiger partial charge on any atom is 0.213 e. The van der Waals surface area contributed by atoms with Gasteiger partial charge in [-0.15, -0.1) is 0 Å². The van der Waals surface area contributed by atoms with Crippen LogP contribution in [0.2, 0.25) is 5.02 Å². The highest BCUT2D eigenvalue weighted by molar-refractivity contribution is 6.30. The van der Waals surface area contributed by atoms with Crippen LogP contribution in [0.3, 0.4) is 0 Å². The van der Waals surface area contributed by atoms with Gasteiger partial charge in [-0.3, -0.25) is 4.57 Å². The van der Waals surface area contributed by atoms with Gasteiger partial charge in [0, 0.05) is 21.5 Å². The van der Waals surface area contributed by atoms with E-state index in [0.717, 1.165) is 49.4 Å². The van der Waals surface area contributed by atoms with Crippen molar-refractivity contribution in [3.8, 4) is 16.8 Å². The summed E-state index contributed by atoms with van der Waals surface area (Å²) in [6.45, 7) is 0. The molecule has 0 radical (unpaired) electrons. The summed E-state index contributed by atoms with van der Waals surface area (Å²) < 4.78 is 8.53. The minimum Gasteiger partial charge on any atom is -0.439 e. The normalized spacial score (nSPS) is 11.6. The third kappa shape index (κ3) is 2.50. The molecule has 0 N–H and O–H groups in total. The Morgan fingerprint density at radius 2 is 1.38 bits per heavy atom. The van der Waals surface area contributed by atoms with Gasteiger partial charge in [-0.1, -0.05) is 66.2 Å². The molecule has 0 unspecified atom stereocenters. The first-order chi connectivity index (χ1) is 14.3. The predicted octanol–water partition coefficient (Wildman–Crippen LogP) is 7.85. The van der Waals surface area contributed by atoms with Crippen LogP contribution in [0.15, 0.2) is 101 Å². The molecule has 0 atom stereocenters. The fourth-order valence-electron chi connectivity index (χ4n) is 4.15. The van der Waals surface area contributed by atoms with Crippen molar-refractivity contribution >= 4 is 44.6 Å². The van der Waals surface area contributed by atoms with Gasteiger partial charge in [-0.25, -0.2) is 0 Å². The van der Waals surface area contributed by atoms with Gasteiger partial charge in [0.2, 0.25) is 5.71 Å². The number of halogens is 1. The molecule has 2 aromatic heterocycles. The van der Waals surface area contributed by atoms with Gasteiger partial charge < -0.3 is 4.42 Å². The van der Waals surface area contributed by atoms with Crippen molar-refractivity contribution in [2.24, 2.45) is 0 Å². The first kappa shape index (κ1) is 16.5. The Bertz CT molecular complexity index is 1490. The van der Waals surface area contributed by atoms with E-state index in [4.69, 9.17) is 16.0 Å². The van der Waals surface area contributed by atoms with Crippen molar-refractivity contribution in [3.63, 3.8) is 0 Å². The zero-order valence-corrected chi connectivity index (χ0v) is 16.2. The zero-order valence-electron chi connectivity index (χ0n) is 15.5. The van der Waals surface area contributed by atoms with Crippen LogP contribution in [0.1, 0.15) is 0 Å². The maximum atomic E-state index is 6.33. The predicted molar refractivity (Wildman–Crippen MR) is 121 cm³/mol. The molecule has 138 valence electrons. The van der Waals surface area contributed by atoms with Crippen LogP contribution >= 0.6 is 11.6 Å². The molecule has 0 saturated carbocycles. The maximum absolute atomic E-state index is 6.33. The Hall–Kier alpha value is -3.49. The smallest absolute Gasteiger partial charge is 0.213 e. The summed E-state index contributed by atoms with van der Waals surface area (Å²) in [5.74, 6) is 0. The summed E-state index contributed by atoms with van der Waals surface area (Å²) in [6, 6.07) is 33.2. The highest BCUT2D eigenvalue weighted by Crippen LogP contribution is 2.40. The number of hydrogen-bond donors (Lipinski definition) is 0. The van der Waals surface area contributed by atoms with Gasteiger partial charge in [-0.2, -0.15) is 0 Å². The SMILES string of the molecule is Clc1ccc(-c2ccc3c(c2)c2c4ccccc4oc2n3-c2ccccc2)cc1. The van der Waals surface area contributed by atoms with Crippen LogP contribution in [-0.2, 0) is 0 Å². The molecule has 0 saturated heterocycles. The highest BCUT2D eigenvalue weighted by Gasteiger charge is 2.19. The monoisotopic (exact) mass is 393 g/mol. The van der Waals surface area contributed by atoms with E-state index in [1.54, 1.807) is 0 Å². The number of fused-ring (bicyclic) bond motifs is 5. The third-order valence-corrected chi connectivity index (χ3v) is 5.73. The summed E-state index contributed by atoms with van der Waals surface area (Å²) in [4.78, 5) is 0. The molecule has 4 aromatic carbocycles. The van der Waals surface area contributed by atoms with Crippen LogP contribution in [0.4, 0.5) is 0 Å². The first-order valence-electron chi connectivity index (χ1n) is 9.57. The number of hydrogen-bond acceptors (Lipinski definition) is 1. The van der Waals surface area contributed by atoms with Crippen LogP contribution in [0.5, 0.6) is 0 Å². The van der Waals surface area contributed by atoms with E-state index < -0.39 is 0 Å². The Kier molecular flexibility index (Phi) is 3.56. The molecule has 3 heteroatoms. The number of para-hydroxylation sites is 2. The minimum absolute atomic E-state index is 0.744. The van der Waals surface area contributed by atoms with Crippen molar-refractivity contribution in [2.45, 2.75) is 0 Å². The fourth-order valence-corrected chi connectivity index (χ4v) is 4.27. The van der Waals surface area contributed by atoms with Crippen molar-refractivity contribution in [1.82, 2.24) is 4.57 Å². The molecule has 0 aliphatic rings. The Morgan fingerprint density at radius 3 is 2.21 bits per heavy atom. The number of rotatable bonds is 2. The van der Waals surface area contributed by atoms with Crippen LogP contribution in [0.25, 0.3) is 49.8 Å². The second-order valence-electron chi connectivity index (χ2n) is 7.19. The summed E-state index contributed by atoms with van der Waals surface area (Å²) in [6.07, 6.45) is 0. The van der Waals surface area contributed by atoms with E-state index in [9.17, 15) is 0 Å². The summed E-state index contributed by atoms with van der Waals surface area (Å²) in [5, 5.41) is 4.21. The molecule has 0 aliphatic carbocycles. The average molecular weight is 394 g/mol. The van der Waals surface area contributed by atoms with E-state index in [1.807, 2.05) is 30.3 Å². The van der Waals surface area contributed by atoms with Crippen molar-refractivity contribution in [3.05, 3.63) is 102 Å². The molecule has 0 fully saturated rings. The second kappa shape index (κ2) is 6.26. The quantitative estimate of drug-likeness (QED) is 0.293. The largest absolute Gasteiger partial charge is 0.439 e. The second-order valence-corrected chi connectivity index (χ2v) is 7.62. The molecule has 2 heterocycles. The molecule has 2 nitrogen and oxygen atoms in total. The summed E-state index contributed by atoms with van der Waals surface area (Å²) in [7, 11) is 0. The lowest BCUT2D eigenvalue weighted by molar-refractivity contribution is 0.645. The molecular weight excluding hydrogens is 378 g/mol. The minimum atomic E-state index is 0.744. The van der Waals surface area contributed by atoms with Gasteiger partial charge >= 0.3 is 0 Å². The molecule has 6 rings (SSSR count). The Morgan fingerprint density at radius 1 is 0.655 bits per heavy atom. The lowest BCUT2D eigenvalue weighted by Crippen LogP contribution is -1.92. The van der Waals surface area contributed by atoms with Gasteiger partial charge in [0.15, 0.2) is 0 Å². The highest BCUT2D eigenvalue weighted by atomic mass is 35.5. The lowest BCUT2D eigenvalue weighted by Gasteiger charge is -2.07. The van der Waals surface area contributed by atoms with Crippen molar-refractivity contribution in [2.75, 3.05) is 0 Å². The topological polar surface area (TPSA) is 18.1 Å². The number of aromatic nitrogens is 1. The van der Waals surface area contributed by atoms with Gasteiger partial charge in [0.1, 0.15) is 5.58 Å². The third-order valence-electron chi connectivity index (χ3n) is 5.48. The van der Waals surface area contributed by atoms with E-state index in [0.29, 0.717) is 0 Å². The van der Waals surface area contributed by atoms with Crippen molar-refractivity contribution in [1.29, 1.82) is 0 Å². The summed E-state index contributed by atoms with van der Waals surface area (Å²) in [5.41, 5.74) is 6.30. The molecule has 0 amide bonds. The number of benzene rings is 4. The molecule has 6 aromatic rings. The van der Waals surface area contributed by atoms with E-state index in [1.165, 1.54) is 5.39 Å². The molecular formula is C26H16ClNO. The van der Waals surface area contributed by atoms with E-state index >= 15 is 0 Å². The standard InChI is InChI=1S/C26H16ClNO/c27-19-13-10-17(11-14-19)18-12-15-23-22(16-18)25-21-8-4-5-9-24(21)29-26(25)28(23)20-6-2-1-3-7-20/h1-16H. The molecule has 0 bridgehead atoms. The Labute approximate surface area is 172 Å². The fraction of sp³-hybridized carbons (Fsp3) is 0. The zero-order chi connectivity index (χ0) is 19.4. The van der Waals surface area contributed by atoms with Crippen LogP contribution in [0, 0.1) is 0 Å². The average Bonchev–Trinajstić information content (AvgIpc) is 3.29.